The molecule has 3 aromatic rings. The van der Waals surface area contributed by atoms with E-state index in [4.69, 9.17) is 16.3 Å². The number of nitrogens with zero attached hydrogens (tertiary/aromatic N) is 2. The van der Waals surface area contributed by atoms with Crippen molar-refractivity contribution in [2.75, 3.05) is 5.32 Å². The summed E-state index contributed by atoms with van der Waals surface area (Å²) in [6.45, 7) is -1.29. The maximum atomic E-state index is 13.3. The third-order valence-electron chi connectivity index (χ3n) is 3.77. The van der Waals surface area contributed by atoms with Crippen LogP contribution in [0.3, 0.4) is 0 Å². The van der Waals surface area contributed by atoms with Crippen molar-refractivity contribution in [2.24, 2.45) is 0 Å². The molecule has 0 aliphatic rings. The average molecular weight is 426 g/mol. The highest BCUT2D eigenvalue weighted by atomic mass is 35.5. The van der Waals surface area contributed by atoms with E-state index in [1.807, 2.05) is 6.92 Å². The van der Waals surface area contributed by atoms with Crippen molar-refractivity contribution in [2.45, 2.75) is 20.3 Å². The second-order valence-electron chi connectivity index (χ2n) is 5.90. The summed E-state index contributed by atoms with van der Waals surface area (Å²) < 4.78 is 49.4. The number of benzene rings is 2. The Balaban J connectivity index is 1.66. The molecule has 0 atom stereocenters. The van der Waals surface area contributed by atoms with E-state index >= 15 is 0 Å². The zero-order valence-corrected chi connectivity index (χ0v) is 15.8. The minimum atomic E-state index is -3.17. The number of anilines is 1. The third kappa shape index (κ3) is 5.41. The van der Waals surface area contributed by atoms with Crippen molar-refractivity contribution < 1.29 is 27.4 Å². The van der Waals surface area contributed by atoms with Gasteiger partial charge in [0.25, 0.3) is 5.91 Å². The molecule has 1 N–H and O–H groups in total. The van der Waals surface area contributed by atoms with E-state index in [9.17, 15) is 18.0 Å². The first-order valence-corrected chi connectivity index (χ1v) is 8.68. The first-order valence-electron chi connectivity index (χ1n) is 8.30. The molecule has 0 spiro atoms. The minimum absolute atomic E-state index is 0.00760. The van der Waals surface area contributed by atoms with Gasteiger partial charge in [0.05, 0.1) is 5.69 Å². The van der Waals surface area contributed by atoms with Crippen LogP contribution in [0.4, 0.5) is 18.9 Å². The van der Waals surface area contributed by atoms with Crippen molar-refractivity contribution in [1.29, 1.82) is 0 Å². The molecule has 0 aliphatic carbocycles. The molecule has 1 amide bonds. The smallest absolute Gasteiger partial charge is 0.387 e. The molecule has 1 aromatic heterocycles. The summed E-state index contributed by atoms with van der Waals surface area (Å²) in [4.78, 5) is 12.3. The summed E-state index contributed by atoms with van der Waals surface area (Å²) in [5.74, 6) is -1.38. The molecule has 0 aliphatic heterocycles. The summed E-state index contributed by atoms with van der Waals surface area (Å²) in [6, 6.07) is 9.47. The lowest BCUT2D eigenvalue weighted by Crippen LogP contribution is -2.15. The highest BCUT2D eigenvalue weighted by Crippen LogP contribution is 2.27. The molecule has 10 heteroatoms. The number of rotatable bonds is 7. The number of aryl methyl sites for hydroxylation is 1. The monoisotopic (exact) mass is 425 g/mol. The number of carbonyl (C=O) groups excluding carboxylic acids is 1. The molecule has 152 valence electrons. The summed E-state index contributed by atoms with van der Waals surface area (Å²) in [6.07, 6.45) is 1.51. The summed E-state index contributed by atoms with van der Waals surface area (Å²) in [7, 11) is 0. The number of hydrogen-bond donors (Lipinski definition) is 1. The zero-order chi connectivity index (χ0) is 21.0. The first kappa shape index (κ1) is 20.5. The molecule has 0 bridgehead atoms. The Kier molecular flexibility index (Phi) is 6.28. The van der Waals surface area contributed by atoms with Gasteiger partial charge in [0, 0.05) is 17.3 Å². The second-order valence-corrected chi connectivity index (χ2v) is 6.31. The van der Waals surface area contributed by atoms with Crippen molar-refractivity contribution in [3.05, 3.63) is 70.8 Å². The van der Waals surface area contributed by atoms with E-state index in [1.54, 1.807) is 18.2 Å². The van der Waals surface area contributed by atoms with E-state index in [1.165, 1.54) is 16.9 Å². The van der Waals surface area contributed by atoms with E-state index in [-0.39, 0.29) is 18.1 Å². The largest absolute Gasteiger partial charge is 0.471 e. The van der Waals surface area contributed by atoms with Crippen LogP contribution in [-0.2, 0) is 6.73 Å². The number of alkyl halides is 2. The normalized spacial score (nSPS) is 10.8. The van der Waals surface area contributed by atoms with Gasteiger partial charge in [0.15, 0.2) is 18.2 Å². The molecule has 2 aromatic carbocycles. The Hall–Kier alpha value is -3.20. The summed E-state index contributed by atoms with van der Waals surface area (Å²) in [5, 5.41) is 7.04. The fourth-order valence-electron chi connectivity index (χ4n) is 2.38. The van der Waals surface area contributed by atoms with Gasteiger partial charge in [-0.25, -0.2) is 9.07 Å². The molecule has 0 saturated carbocycles. The summed E-state index contributed by atoms with van der Waals surface area (Å²) >= 11 is 5.96. The van der Waals surface area contributed by atoms with Crippen LogP contribution in [0.1, 0.15) is 16.1 Å². The van der Waals surface area contributed by atoms with E-state index < -0.39 is 24.1 Å². The molecular weight excluding hydrogens is 411 g/mol. The Bertz CT molecular complexity index is 1030. The fourth-order valence-corrected chi connectivity index (χ4v) is 2.50. The Morgan fingerprint density at radius 1 is 1.24 bits per heavy atom. The van der Waals surface area contributed by atoms with Crippen LogP contribution in [0.25, 0.3) is 0 Å². The lowest BCUT2D eigenvalue weighted by atomic mass is 10.2. The van der Waals surface area contributed by atoms with E-state index in [0.717, 1.165) is 23.8 Å². The predicted molar refractivity (Wildman–Crippen MR) is 100 cm³/mol. The third-order valence-corrected chi connectivity index (χ3v) is 4.20. The van der Waals surface area contributed by atoms with Crippen LogP contribution in [-0.4, -0.2) is 22.3 Å². The number of hydrogen-bond acceptors (Lipinski definition) is 4. The SMILES string of the molecule is Cc1cc(OCn2ccc(C(=O)Nc3ccc(F)cc3OC(F)F)n2)ccc1Cl. The van der Waals surface area contributed by atoms with Gasteiger partial charge in [-0.15, -0.1) is 0 Å². The van der Waals surface area contributed by atoms with Gasteiger partial charge >= 0.3 is 6.61 Å². The van der Waals surface area contributed by atoms with Crippen LogP contribution >= 0.6 is 11.6 Å². The zero-order valence-electron chi connectivity index (χ0n) is 15.0. The first-order chi connectivity index (χ1) is 13.8. The molecule has 3 rings (SSSR count). The maximum Gasteiger partial charge on any atom is 0.387 e. The van der Waals surface area contributed by atoms with E-state index in [0.29, 0.717) is 10.8 Å². The molecule has 6 nitrogen and oxygen atoms in total. The maximum absolute atomic E-state index is 13.3. The molecule has 29 heavy (non-hydrogen) atoms. The van der Waals surface area contributed by atoms with E-state index in [2.05, 4.69) is 15.2 Å². The van der Waals surface area contributed by atoms with Crippen LogP contribution in [0.5, 0.6) is 11.5 Å². The van der Waals surface area contributed by atoms with Gasteiger partial charge < -0.3 is 14.8 Å². The number of amides is 1. The molecular formula is C19H15ClF3N3O3. The van der Waals surface area contributed by atoms with Crippen molar-refractivity contribution in [3.63, 3.8) is 0 Å². The highest BCUT2D eigenvalue weighted by Gasteiger charge is 2.16. The van der Waals surface area contributed by atoms with Gasteiger partial charge in [-0.05, 0) is 48.9 Å². The van der Waals surface area contributed by atoms with Crippen LogP contribution < -0.4 is 14.8 Å². The number of nitrogens with one attached hydrogen (secondary N) is 1. The number of ether oxygens (including phenoxy) is 2. The van der Waals surface area contributed by atoms with Gasteiger partial charge in [-0.3, -0.25) is 4.79 Å². The lowest BCUT2D eigenvalue weighted by molar-refractivity contribution is -0.0495. The molecule has 1 heterocycles. The van der Waals surface area contributed by atoms with Crippen molar-refractivity contribution >= 4 is 23.2 Å². The average Bonchev–Trinajstić information content (AvgIpc) is 3.13. The van der Waals surface area contributed by atoms with Crippen molar-refractivity contribution in [3.8, 4) is 11.5 Å². The molecule has 0 saturated heterocycles. The minimum Gasteiger partial charge on any atom is -0.471 e. The van der Waals surface area contributed by atoms with Gasteiger partial charge in [0.2, 0.25) is 0 Å². The van der Waals surface area contributed by atoms with Crippen LogP contribution in [0.2, 0.25) is 5.02 Å². The van der Waals surface area contributed by atoms with Crippen LogP contribution in [0.15, 0.2) is 48.7 Å². The van der Waals surface area contributed by atoms with Gasteiger partial charge in [-0.2, -0.15) is 13.9 Å². The van der Waals surface area contributed by atoms with Crippen LogP contribution in [0, 0.1) is 12.7 Å². The predicted octanol–water partition coefficient (Wildman–Crippen LogP) is 4.87. The quantitative estimate of drug-likeness (QED) is 0.586. The fraction of sp³-hybridized carbons (Fsp3) is 0.158. The number of halogens is 4. The molecule has 0 fully saturated rings. The number of carbonyl (C=O) groups is 1. The van der Waals surface area contributed by atoms with Gasteiger partial charge in [-0.1, -0.05) is 11.6 Å². The summed E-state index contributed by atoms with van der Waals surface area (Å²) in [5.41, 5.74) is 0.748. The second kappa shape index (κ2) is 8.87. The van der Waals surface area contributed by atoms with Crippen molar-refractivity contribution in [1.82, 2.24) is 9.78 Å². The highest BCUT2D eigenvalue weighted by molar-refractivity contribution is 6.31. The lowest BCUT2D eigenvalue weighted by Gasteiger charge is -2.11. The topological polar surface area (TPSA) is 65.4 Å². The Morgan fingerprint density at radius 3 is 2.76 bits per heavy atom. The Labute approximate surface area is 168 Å². The molecule has 0 radical (unpaired) electrons. The standard InChI is InChI=1S/C19H15ClF3N3O3/c1-11-8-13(3-4-14(11)20)28-10-26-7-6-16(25-26)18(27)24-15-5-2-12(21)9-17(15)29-19(22)23/h2-9,19H,10H2,1H3,(H,24,27). The Morgan fingerprint density at radius 2 is 2.03 bits per heavy atom. The molecule has 0 unspecified atom stereocenters. The van der Waals surface area contributed by atoms with Gasteiger partial charge in [0.1, 0.15) is 11.6 Å². The number of aromatic nitrogens is 2.